The summed E-state index contributed by atoms with van der Waals surface area (Å²) in [4.78, 5) is 0. The lowest BCUT2D eigenvalue weighted by Crippen LogP contribution is -2.12. The minimum absolute atomic E-state index is 0.114. The monoisotopic (exact) mass is 194 g/mol. The first-order valence-corrected chi connectivity index (χ1v) is 5.28. The molecular formula is C11H18N2O. The van der Waals surface area contributed by atoms with Gasteiger partial charge in [0.25, 0.3) is 0 Å². The number of aryl methyl sites for hydroxylation is 1. The van der Waals surface area contributed by atoms with Crippen molar-refractivity contribution in [2.24, 2.45) is 0 Å². The van der Waals surface area contributed by atoms with Crippen LogP contribution < -0.4 is 4.74 Å². The van der Waals surface area contributed by atoms with E-state index in [0.717, 1.165) is 37.6 Å². The molecule has 0 N–H and O–H groups in total. The number of rotatable bonds is 0. The predicted octanol–water partition coefficient (Wildman–Crippen LogP) is 2.35. The maximum absolute atomic E-state index is 5.62. The highest BCUT2D eigenvalue weighted by Crippen LogP contribution is 2.26. The lowest BCUT2D eigenvalue weighted by molar-refractivity contribution is 0.303. The maximum Gasteiger partial charge on any atom is 0.211 e. The first-order chi connectivity index (χ1) is 6.57. The molecule has 0 spiro atoms. The van der Waals surface area contributed by atoms with Crippen molar-refractivity contribution in [3.63, 3.8) is 0 Å². The summed E-state index contributed by atoms with van der Waals surface area (Å²) in [6, 6.07) is 2.07. The molecule has 0 unspecified atom stereocenters. The molecule has 0 aromatic carbocycles. The van der Waals surface area contributed by atoms with Gasteiger partial charge in [-0.15, -0.1) is 0 Å². The molecule has 1 aromatic rings. The smallest absolute Gasteiger partial charge is 0.211 e. The second kappa shape index (κ2) is 3.30. The van der Waals surface area contributed by atoms with E-state index in [1.807, 2.05) is 4.68 Å². The second-order valence-electron chi connectivity index (χ2n) is 4.90. The molecule has 0 saturated carbocycles. The Hall–Kier alpha value is -0.990. The van der Waals surface area contributed by atoms with E-state index < -0.39 is 0 Å². The summed E-state index contributed by atoms with van der Waals surface area (Å²) in [6.07, 6.45) is 2.30. The SMILES string of the molecule is CC(C)(C)c1cc2n(n1)CCCCO2. The standard InChI is InChI=1S/C11H18N2O/c1-11(2,3)9-8-10-13(12-9)6-4-5-7-14-10/h8H,4-7H2,1-3H3. The molecule has 0 atom stereocenters. The summed E-state index contributed by atoms with van der Waals surface area (Å²) in [6.45, 7) is 8.35. The topological polar surface area (TPSA) is 27.1 Å². The Labute approximate surface area is 85.1 Å². The third-order valence-electron chi connectivity index (χ3n) is 2.53. The molecule has 3 heteroatoms. The average molecular weight is 194 g/mol. The van der Waals surface area contributed by atoms with Crippen molar-refractivity contribution in [1.29, 1.82) is 0 Å². The zero-order chi connectivity index (χ0) is 10.2. The van der Waals surface area contributed by atoms with Gasteiger partial charge < -0.3 is 4.74 Å². The van der Waals surface area contributed by atoms with Gasteiger partial charge in [-0.05, 0) is 12.8 Å². The fraction of sp³-hybridized carbons (Fsp3) is 0.727. The second-order valence-corrected chi connectivity index (χ2v) is 4.90. The van der Waals surface area contributed by atoms with Gasteiger partial charge in [0.15, 0.2) is 0 Å². The molecule has 0 amide bonds. The van der Waals surface area contributed by atoms with Gasteiger partial charge in [-0.3, -0.25) is 0 Å². The molecule has 78 valence electrons. The molecule has 1 aliphatic heterocycles. The number of fused-ring (bicyclic) bond motifs is 1. The van der Waals surface area contributed by atoms with Crippen LogP contribution in [0.4, 0.5) is 0 Å². The third kappa shape index (κ3) is 1.76. The van der Waals surface area contributed by atoms with Crippen LogP contribution in [0.2, 0.25) is 0 Å². The third-order valence-corrected chi connectivity index (χ3v) is 2.53. The average Bonchev–Trinajstić information content (AvgIpc) is 2.38. The normalized spacial score (nSPS) is 17.1. The van der Waals surface area contributed by atoms with Crippen LogP contribution in [-0.4, -0.2) is 16.4 Å². The van der Waals surface area contributed by atoms with Crippen molar-refractivity contribution in [1.82, 2.24) is 9.78 Å². The minimum atomic E-state index is 0.114. The van der Waals surface area contributed by atoms with Gasteiger partial charge in [0.1, 0.15) is 0 Å². The molecule has 0 bridgehead atoms. The fourth-order valence-corrected chi connectivity index (χ4v) is 1.58. The number of ether oxygens (including phenoxy) is 1. The maximum atomic E-state index is 5.62. The number of hydrogen-bond acceptors (Lipinski definition) is 2. The first kappa shape index (κ1) is 9.56. The van der Waals surface area contributed by atoms with Gasteiger partial charge in [0.2, 0.25) is 5.88 Å². The molecule has 0 aliphatic carbocycles. The van der Waals surface area contributed by atoms with E-state index in [1.165, 1.54) is 0 Å². The largest absolute Gasteiger partial charge is 0.478 e. The summed E-state index contributed by atoms with van der Waals surface area (Å²) in [7, 11) is 0. The Morgan fingerprint density at radius 1 is 1.36 bits per heavy atom. The zero-order valence-electron chi connectivity index (χ0n) is 9.21. The molecule has 3 nitrogen and oxygen atoms in total. The summed E-state index contributed by atoms with van der Waals surface area (Å²) >= 11 is 0. The molecule has 0 radical (unpaired) electrons. The lowest BCUT2D eigenvalue weighted by atomic mass is 9.93. The van der Waals surface area contributed by atoms with Gasteiger partial charge in [0.05, 0.1) is 12.3 Å². The van der Waals surface area contributed by atoms with Crippen LogP contribution in [0, 0.1) is 0 Å². The number of hydrogen-bond donors (Lipinski definition) is 0. The highest BCUT2D eigenvalue weighted by molar-refractivity contribution is 5.22. The van der Waals surface area contributed by atoms with Crippen molar-refractivity contribution in [3.05, 3.63) is 11.8 Å². The van der Waals surface area contributed by atoms with Crippen molar-refractivity contribution in [2.75, 3.05) is 6.61 Å². The Morgan fingerprint density at radius 2 is 2.14 bits per heavy atom. The Morgan fingerprint density at radius 3 is 2.86 bits per heavy atom. The van der Waals surface area contributed by atoms with E-state index in [2.05, 4.69) is 31.9 Å². The highest BCUT2D eigenvalue weighted by Gasteiger charge is 2.21. The molecule has 1 aromatic heterocycles. The van der Waals surface area contributed by atoms with Gasteiger partial charge >= 0.3 is 0 Å². The Balaban J connectivity index is 2.31. The quantitative estimate of drug-likeness (QED) is 0.634. The first-order valence-electron chi connectivity index (χ1n) is 5.28. The molecule has 0 fully saturated rings. The van der Waals surface area contributed by atoms with Crippen LogP contribution in [-0.2, 0) is 12.0 Å². The summed E-state index contributed by atoms with van der Waals surface area (Å²) < 4.78 is 7.62. The van der Waals surface area contributed by atoms with Gasteiger partial charge in [-0.2, -0.15) is 5.10 Å². The van der Waals surface area contributed by atoms with Crippen LogP contribution in [0.25, 0.3) is 0 Å². The molecule has 2 heterocycles. The molecule has 2 rings (SSSR count). The van der Waals surface area contributed by atoms with Crippen molar-refractivity contribution in [3.8, 4) is 5.88 Å². The molecule has 14 heavy (non-hydrogen) atoms. The Kier molecular flexibility index (Phi) is 2.25. The highest BCUT2D eigenvalue weighted by atomic mass is 16.5. The lowest BCUT2D eigenvalue weighted by Gasteiger charge is -2.13. The van der Waals surface area contributed by atoms with Crippen molar-refractivity contribution >= 4 is 0 Å². The van der Waals surface area contributed by atoms with E-state index in [0.29, 0.717) is 0 Å². The van der Waals surface area contributed by atoms with E-state index in [-0.39, 0.29) is 5.41 Å². The molecule has 1 aliphatic rings. The summed E-state index contributed by atoms with van der Waals surface area (Å²) in [5.41, 5.74) is 1.23. The number of aromatic nitrogens is 2. The molecular weight excluding hydrogens is 176 g/mol. The summed E-state index contributed by atoms with van der Waals surface area (Å²) in [5, 5.41) is 4.57. The van der Waals surface area contributed by atoms with E-state index in [1.54, 1.807) is 0 Å². The van der Waals surface area contributed by atoms with E-state index in [9.17, 15) is 0 Å². The van der Waals surface area contributed by atoms with Crippen LogP contribution in [0.3, 0.4) is 0 Å². The van der Waals surface area contributed by atoms with Crippen LogP contribution in [0.15, 0.2) is 6.07 Å². The molecule has 0 saturated heterocycles. The van der Waals surface area contributed by atoms with E-state index >= 15 is 0 Å². The van der Waals surface area contributed by atoms with Crippen molar-refractivity contribution in [2.45, 2.75) is 45.6 Å². The van der Waals surface area contributed by atoms with Crippen molar-refractivity contribution < 1.29 is 4.74 Å². The van der Waals surface area contributed by atoms with Gasteiger partial charge in [0, 0.05) is 18.0 Å². The van der Waals surface area contributed by atoms with Gasteiger partial charge in [-0.1, -0.05) is 20.8 Å². The van der Waals surface area contributed by atoms with Gasteiger partial charge in [-0.25, -0.2) is 4.68 Å². The Bertz CT molecular complexity index is 299. The van der Waals surface area contributed by atoms with Crippen LogP contribution in [0.1, 0.15) is 39.3 Å². The number of nitrogens with zero attached hydrogens (tertiary/aromatic N) is 2. The fourth-order valence-electron chi connectivity index (χ4n) is 1.58. The predicted molar refractivity (Wildman–Crippen MR) is 55.7 cm³/mol. The van der Waals surface area contributed by atoms with Crippen LogP contribution in [0.5, 0.6) is 5.88 Å². The van der Waals surface area contributed by atoms with Crippen LogP contribution >= 0.6 is 0 Å². The zero-order valence-corrected chi connectivity index (χ0v) is 9.21. The van der Waals surface area contributed by atoms with E-state index in [4.69, 9.17) is 4.74 Å². The minimum Gasteiger partial charge on any atom is -0.478 e. The summed E-state index contributed by atoms with van der Waals surface area (Å²) in [5.74, 6) is 0.937.